The fourth-order valence-corrected chi connectivity index (χ4v) is 4.70. The highest BCUT2D eigenvalue weighted by molar-refractivity contribution is 8.26. The lowest BCUT2D eigenvalue weighted by Crippen LogP contribution is -2.35. The van der Waals surface area contributed by atoms with Crippen molar-refractivity contribution in [2.45, 2.75) is 0 Å². The molecular weight excluding hydrogens is 418 g/mol. The Bertz CT molecular complexity index is 1110. The van der Waals surface area contributed by atoms with E-state index >= 15 is 0 Å². The van der Waals surface area contributed by atoms with Crippen molar-refractivity contribution in [2.24, 2.45) is 0 Å². The number of para-hydroxylation sites is 2. The van der Waals surface area contributed by atoms with Gasteiger partial charge >= 0.3 is 0 Å². The molecule has 4 rings (SSSR count). The van der Waals surface area contributed by atoms with Gasteiger partial charge in [0.15, 0.2) is 0 Å². The van der Waals surface area contributed by atoms with Crippen LogP contribution in [-0.2, 0) is 14.4 Å². The van der Waals surface area contributed by atoms with Crippen molar-refractivity contribution >= 4 is 63.0 Å². The number of nitrogens with one attached hydrogen (secondary N) is 1. The van der Waals surface area contributed by atoms with E-state index in [0.29, 0.717) is 21.3 Å². The van der Waals surface area contributed by atoms with E-state index in [9.17, 15) is 14.4 Å². The minimum Gasteiger partial charge on any atom is -0.325 e. The molecule has 1 fully saturated rings. The van der Waals surface area contributed by atoms with E-state index in [1.165, 1.54) is 9.80 Å². The summed E-state index contributed by atoms with van der Waals surface area (Å²) in [6.07, 6.45) is 1.59. The highest BCUT2D eigenvalue weighted by Crippen LogP contribution is 2.44. The predicted molar refractivity (Wildman–Crippen MR) is 123 cm³/mol. The molecule has 2 aromatic carbocycles. The molecule has 30 heavy (non-hydrogen) atoms. The number of thioether (sulfide) groups is 1. The lowest BCUT2D eigenvalue weighted by atomic mass is 10.1. The summed E-state index contributed by atoms with van der Waals surface area (Å²) in [5, 5.41) is 2.78. The second kappa shape index (κ2) is 8.25. The van der Waals surface area contributed by atoms with Gasteiger partial charge in [-0.1, -0.05) is 66.5 Å². The normalized spacial score (nSPS) is 18.1. The van der Waals surface area contributed by atoms with Crippen LogP contribution in [0.25, 0.3) is 5.57 Å². The summed E-state index contributed by atoms with van der Waals surface area (Å²) in [6.45, 7) is 3.76. The second-order valence-corrected chi connectivity index (χ2v) is 8.24. The first kappa shape index (κ1) is 20.1. The molecule has 0 spiro atoms. The van der Waals surface area contributed by atoms with Crippen LogP contribution >= 0.6 is 24.0 Å². The number of thiocarbonyl (C=S) groups is 1. The molecule has 0 aromatic heterocycles. The van der Waals surface area contributed by atoms with E-state index in [4.69, 9.17) is 12.2 Å². The molecule has 2 aromatic rings. The van der Waals surface area contributed by atoms with Crippen molar-refractivity contribution in [1.29, 1.82) is 0 Å². The fourth-order valence-electron chi connectivity index (χ4n) is 3.36. The molecule has 3 amide bonds. The number of rotatable bonds is 5. The summed E-state index contributed by atoms with van der Waals surface area (Å²) in [4.78, 5) is 41.8. The molecule has 0 atom stereocenters. The van der Waals surface area contributed by atoms with Gasteiger partial charge in [0.2, 0.25) is 5.91 Å². The number of benzene rings is 2. The molecule has 150 valence electrons. The summed E-state index contributed by atoms with van der Waals surface area (Å²) in [5.41, 5.74) is 2.14. The maximum absolute atomic E-state index is 13.3. The van der Waals surface area contributed by atoms with E-state index in [2.05, 4.69) is 11.9 Å². The molecule has 6 nitrogen and oxygen atoms in total. The first-order valence-corrected chi connectivity index (χ1v) is 10.4. The smallest absolute Gasteiger partial charge is 0.267 e. The van der Waals surface area contributed by atoms with Gasteiger partial charge in [0, 0.05) is 17.8 Å². The topological polar surface area (TPSA) is 69.7 Å². The van der Waals surface area contributed by atoms with Gasteiger partial charge in [0.25, 0.3) is 11.8 Å². The number of amides is 3. The third kappa shape index (κ3) is 3.55. The number of carbonyl (C=O) groups excluding carboxylic acids is 3. The van der Waals surface area contributed by atoms with Gasteiger partial charge in [-0.3, -0.25) is 24.2 Å². The summed E-state index contributed by atoms with van der Waals surface area (Å²) in [6, 6.07) is 16.2. The first-order valence-electron chi connectivity index (χ1n) is 9.16. The van der Waals surface area contributed by atoms with Crippen molar-refractivity contribution in [2.75, 3.05) is 23.3 Å². The van der Waals surface area contributed by atoms with Crippen LogP contribution < -0.4 is 10.2 Å². The molecular formula is C22H17N3O3S2. The van der Waals surface area contributed by atoms with E-state index in [-0.39, 0.29) is 35.4 Å². The molecule has 2 aliphatic rings. The van der Waals surface area contributed by atoms with Gasteiger partial charge < -0.3 is 5.32 Å². The van der Waals surface area contributed by atoms with Crippen LogP contribution in [0.3, 0.4) is 0 Å². The van der Waals surface area contributed by atoms with Crippen LogP contribution in [0, 0.1) is 0 Å². The number of fused-ring (bicyclic) bond motifs is 1. The first-order chi connectivity index (χ1) is 14.5. The van der Waals surface area contributed by atoms with Gasteiger partial charge in [-0.2, -0.15) is 0 Å². The Morgan fingerprint density at radius 3 is 2.47 bits per heavy atom. The fraction of sp³-hybridized carbons (Fsp3) is 0.0909. The van der Waals surface area contributed by atoms with Crippen LogP contribution in [0.5, 0.6) is 0 Å². The quantitative estimate of drug-likeness (QED) is 0.443. The third-order valence-corrected chi connectivity index (χ3v) is 6.12. The van der Waals surface area contributed by atoms with Crippen molar-refractivity contribution < 1.29 is 14.4 Å². The van der Waals surface area contributed by atoms with E-state index in [0.717, 1.165) is 11.8 Å². The highest BCUT2D eigenvalue weighted by Gasteiger charge is 2.42. The Hall–Kier alpha value is -3.23. The molecule has 1 N–H and O–H groups in total. The van der Waals surface area contributed by atoms with Crippen LogP contribution in [0.2, 0.25) is 0 Å². The number of hydrogen-bond donors (Lipinski definition) is 1. The molecule has 0 unspecified atom stereocenters. The SMILES string of the molecule is C=CCN1C(=O)/C(=C2\C(=O)N(CC(=O)Nc3ccccc3)c3ccccc32)SC1=S. The molecule has 0 radical (unpaired) electrons. The molecule has 0 saturated carbocycles. The van der Waals surface area contributed by atoms with Crippen LogP contribution in [0.4, 0.5) is 11.4 Å². The number of hydrogen-bond acceptors (Lipinski definition) is 5. The van der Waals surface area contributed by atoms with Gasteiger partial charge in [-0.25, -0.2) is 0 Å². The Morgan fingerprint density at radius 2 is 1.73 bits per heavy atom. The molecule has 8 heteroatoms. The van der Waals surface area contributed by atoms with Crippen molar-refractivity contribution in [3.05, 3.63) is 77.7 Å². The van der Waals surface area contributed by atoms with Crippen molar-refractivity contribution in [1.82, 2.24) is 4.90 Å². The van der Waals surface area contributed by atoms with Crippen molar-refractivity contribution in [3.63, 3.8) is 0 Å². The highest BCUT2D eigenvalue weighted by atomic mass is 32.2. The maximum atomic E-state index is 13.3. The Labute approximate surface area is 183 Å². The zero-order valence-electron chi connectivity index (χ0n) is 15.8. The molecule has 0 bridgehead atoms. The number of nitrogens with zero attached hydrogens (tertiary/aromatic N) is 2. The molecule has 2 heterocycles. The minimum atomic E-state index is -0.390. The number of anilines is 2. The monoisotopic (exact) mass is 435 g/mol. The van der Waals surface area contributed by atoms with E-state index in [1.54, 1.807) is 42.5 Å². The van der Waals surface area contributed by atoms with Gasteiger partial charge in [0.05, 0.1) is 16.2 Å². The lowest BCUT2D eigenvalue weighted by Gasteiger charge is -2.16. The Morgan fingerprint density at radius 1 is 1.03 bits per heavy atom. The van der Waals surface area contributed by atoms with Gasteiger partial charge in [-0.15, -0.1) is 6.58 Å². The van der Waals surface area contributed by atoms with E-state index in [1.807, 2.05) is 18.2 Å². The zero-order valence-corrected chi connectivity index (χ0v) is 17.5. The summed E-state index contributed by atoms with van der Waals surface area (Å²) in [7, 11) is 0. The lowest BCUT2D eigenvalue weighted by molar-refractivity contribution is -0.122. The molecule has 0 aliphatic carbocycles. The second-order valence-electron chi connectivity index (χ2n) is 6.60. The standard InChI is InChI=1S/C22H17N3O3S2/c1-2-12-24-21(28)19(30-22(24)29)18-15-10-6-7-11-16(15)25(20(18)27)13-17(26)23-14-8-4-3-5-9-14/h2-11H,1,12-13H2,(H,23,26)/b19-18+. The van der Waals surface area contributed by atoms with Crippen molar-refractivity contribution in [3.8, 4) is 0 Å². The summed E-state index contributed by atoms with van der Waals surface area (Å²) >= 11 is 6.40. The summed E-state index contributed by atoms with van der Waals surface area (Å²) < 4.78 is 0.382. The Kier molecular flexibility index (Phi) is 5.52. The molecule has 2 aliphatic heterocycles. The average molecular weight is 436 g/mol. The minimum absolute atomic E-state index is 0.165. The van der Waals surface area contributed by atoms with Crippen LogP contribution in [0.1, 0.15) is 5.56 Å². The third-order valence-electron chi connectivity index (χ3n) is 4.67. The van der Waals surface area contributed by atoms with Gasteiger partial charge in [-0.05, 0) is 18.2 Å². The number of carbonyl (C=O) groups is 3. The zero-order chi connectivity index (χ0) is 21.3. The van der Waals surface area contributed by atoms with Crippen LogP contribution in [-0.4, -0.2) is 40.0 Å². The maximum Gasteiger partial charge on any atom is 0.267 e. The van der Waals surface area contributed by atoms with E-state index < -0.39 is 5.91 Å². The molecule has 1 saturated heterocycles. The predicted octanol–water partition coefficient (Wildman–Crippen LogP) is 3.43. The average Bonchev–Trinajstić information content (AvgIpc) is 3.17. The Balaban J connectivity index is 1.67. The largest absolute Gasteiger partial charge is 0.325 e. The van der Waals surface area contributed by atoms with Gasteiger partial charge in [0.1, 0.15) is 10.9 Å². The summed E-state index contributed by atoms with van der Waals surface area (Å²) in [5.74, 6) is -1.04. The van der Waals surface area contributed by atoms with Crippen LogP contribution in [0.15, 0.2) is 72.2 Å².